The predicted octanol–water partition coefficient (Wildman–Crippen LogP) is 6.48. The van der Waals surface area contributed by atoms with Crippen molar-refractivity contribution in [3.05, 3.63) is 35.4 Å². The SMILES string of the molecule is N#CCC1CCN(c2nc(OC[C@@]34CCCN3C[C@H](F)C4)nc3c(F)c(-c4ccc(F)c5sc(N)nc45)c(C(F)(F)F)cc23)C1. The summed E-state index contributed by atoms with van der Waals surface area (Å²) < 4.78 is 95.7. The number of halogens is 6. The molecule has 4 aromatic rings. The molecular formula is C30H27F6N7OS. The fraction of sp³-hybridized carbons (Fsp3) is 0.467. The van der Waals surface area contributed by atoms with Crippen LogP contribution in [0.4, 0.5) is 37.3 Å². The quantitative estimate of drug-likeness (QED) is 0.237. The van der Waals surface area contributed by atoms with E-state index in [4.69, 9.17) is 10.5 Å². The van der Waals surface area contributed by atoms with Gasteiger partial charge in [-0.2, -0.15) is 28.4 Å². The third-order valence-corrected chi connectivity index (χ3v) is 10.1. The van der Waals surface area contributed by atoms with Crippen LogP contribution in [0.15, 0.2) is 18.2 Å². The highest BCUT2D eigenvalue weighted by molar-refractivity contribution is 7.22. The number of anilines is 2. The molecule has 1 unspecified atom stereocenters. The van der Waals surface area contributed by atoms with E-state index in [1.165, 1.54) is 0 Å². The van der Waals surface area contributed by atoms with Gasteiger partial charge in [0.15, 0.2) is 10.9 Å². The number of nitrogen functional groups attached to an aromatic ring is 1. The van der Waals surface area contributed by atoms with Gasteiger partial charge in [0, 0.05) is 49.0 Å². The van der Waals surface area contributed by atoms with E-state index in [9.17, 15) is 27.2 Å². The summed E-state index contributed by atoms with van der Waals surface area (Å²) >= 11 is 0.744. The van der Waals surface area contributed by atoms with Gasteiger partial charge in [-0.25, -0.2) is 18.2 Å². The number of hydrogen-bond donors (Lipinski definition) is 1. The van der Waals surface area contributed by atoms with Crippen LogP contribution in [0.3, 0.4) is 0 Å². The molecule has 3 saturated heterocycles. The Morgan fingerprint density at radius 3 is 2.73 bits per heavy atom. The van der Waals surface area contributed by atoms with Gasteiger partial charge >= 0.3 is 12.2 Å². The van der Waals surface area contributed by atoms with Crippen molar-refractivity contribution in [2.24, 2.45) is 5.92 Å². The van der Waals surface area contributed by atoms with Crippen molar-refractivity contribution in [3.63, 3.8) is 0 Å². The lowest BCUT2D eigenvalue weighted by atomic mass is 9.95. The third kappa shape index (κ3) is 5.07. The van der Waals surface area contributed by atoms with Crippen molar-refractivity contribution in [3.8, 4) is 23.2 Å². The zero-order valence-electron chi connectivity index (χ0n) is 23.8. The van der Waals surface area contributed by atoms with Crippen LogP contribution in [0, 0.1) is 28.9 Å². The Kier molecular flexibility index (Phi) is 7.20. The van der Waals surface area contributed by atoms with E-state index in [0.29, 0.717) is 32.5 Å². The van der Waals surface area contributed by atoms with Gasteiger partial charge in [-0.15, -0.1) is 0 Å². The summed E-state index contributed by atoms with van der Waals surface area (Å²) in [6.45, 7) is 1.73. The van der Waals surface area contributed by atoms with E-state index in [2.05, 4.69) is 21.0 Å². The van der Waals surface area contributed by atoms with Gasteiger partial charge in [-0.05, 0) is 49.9 Å². The molecule has 2 N–H and O–H groups in total. The maximum absolute atomic E-state index is 16.7. The van der Waals surface area contributed by atoms with Gasteiger partial charge in [-0.3, -0.25) is 4.90 Å². The van der Waals surface area contributed by atoms with E-state index in [1.54, 1.807) is 4.90 Å². The normalized spacial score (nSPS) is 23.7. The van der Waals surface area contributed by atoms with Crippen LogP contribution >= 0.6 is 11.3 Å². The van der Waals surface area contributed by atoms with E-state index < -0.39 is 46.2 Å². The molecule has 7 rings (SSSR count). The number of rotatable bonds is 6. The molecule has 3 atom stereocenters. The number of aromatic nitrogens is 3. The smallest absolute Gasteiger partial charge is 0.417 e. The Balaban J connectivity index is 1.42. The fourth-order valence-corrected chi connectivity index (χ4v) is 7.91. The van der Waals surface area contributed by atoms with Crippen molar-refractivity contribution in [1.29, 1.82) is 5.26 Å². The highest BCUT2D eigenvalue weighted by Crippen LogP contribution is 2.47. The maximum atomic E-state index is 16.7. The van der Waals surface area contributed by atoms with Crippen LogP contribution in [0.1, 0.15) is 37.7 Å². The highest BCUT2D eigenvalue weighted by Gasteiger charge is 2.49. The molecule has 0 aliphatic carbocycles. The lowest BCUT2D eigenvalue weighted by molar-refractivity contribution is -0.137. The van der Waals surface area contributed by atoms with Gasteiger partial charge in [0.2, 0.25) is 0 Å². The second-order valence-corrected chi connectivity index (χ2v) is 13.0. The van der Waals surface area contributed by atoms with E-state index in [1.807, 2.05) is 4.90 Å². The highest BCUT2D eigenvalue weighted by atomic mass is 32.1. The maximum Gasteiger partial charge on any atom is 0.417 e. The van der Waals surface area contributed by atoms with E-state index in [-0.39, 0.29) is 70.0 Å². The van der Waals surface area contributed by atoms with Crippen LogP contribution in [-0.2, 0) is 6.18 Å². The van der Waals surface area contributed by atoms with Crippen LogP contribution in [0.2, 0.25) is 0 Å². The van der Waals surface area contributed by atoms with Crippen molar-refractivity contribution in [2.45, 2.75) is 50.0 Å². The second kappa shape index (κ2) is 10.9. The van der Waals surface area contributed by atoms with Gasteiger partial charge in [0.25, 0.3) is 0 Å². The Morgan fingerprint density at radius 1 is 1.13 bits per heavy atom. The number of alkyl halides is 4. The third-order valence-electron chi connectivity index (χ3n) is 9.17. The monoisotopic (exact) mass is 647 g/mol. The number of nitriles is 1. The Labute approximate surface area is 257 Å². The molecule has 45 heavy (non-hydrogen) atoms. The largest absolute Gasteiger partial charge is 0.461 e. The second-order valence-electron chi connectivity index (χ2n) is 12.0. The summed E-state index contributed by atoms with van der Waals surface area (Å²) in [6.07, 6.45) is -3.38. The molecular weight excluding hydrogens is 620 g/mol. The van der Waals surface area contributed by atoms with Crippen molar-refractivity contribution >= 4 is 43.4 Å². The summed E-state index contributed by atoms with van der Waals surface area (Å²) in [5.74, 6) is -2.05. The zero-order valence-corrected chi connectivity index (χ0v) is 24.6. The summed E-state index contributed by atoms with van der Waals surface area (Å²) in [5, 5.41) is 8.93. The molecule has 0 radical (unpaired) electrons. The van der Waals surface area contributed by atoms with Gasteiger partial charge in [0.05, 0.1) is 27.4 Å². The first-order valence-electron chi connectivity index (χ1n) is 14.6. The minimum absolute atomic E-state index is 0.0290. The molecule has 8 nitrogen and oxygen atoms in total. The molecule has 2 aromatic heterocycles. The first-order valence-corrected chi connectivity index (χ1v) is 15.4. The molecule has 15 heteroatoms. The number of thiazole rings is 1. The summed E-state index contributed by atoms with van der Waals surface area (Å²) in [5.41, 5.74) is 2.13. The molecule has 5 heterocycles. The van der Waals surface area contributed by atoms with E-state index >= 15 is 4.39 Å². The van der Waals surface area contributed by atoms with Crippen molar-refractivity contribution in [1.82, 2.24) is 19.9 Å². The molecule has 0 saturated carbocycles. The Hall–Kier alpha value is -3.90. The summed E-state index contributed by atoms with van der Waals surface area (Å²) in [6, 6.07) is 4.67. The standard InChI is InChI=1S/C30H27F6N7OS/c31-16-11-29(6-1-8-43(29)13-16)14-44-28-40-23-18(26(41-28)42-9-5-15(12-42)4-7-37)10-19(30(34,35)36)21(22(23)33)17-2-3-20(32)25-24(17)39-27(38)45-25/h2-3,10,15-16H,1,4-6,8-9,11-14H2,(H2,38,39)/t15?,16-,29+/m1/s1. The molecule has 0 bridgehead atoms. The van der Waals surface area contributed by atoms with Crippen molar-refractivity contribution < 1.29 is 31.1 Å². The van der Waals surface area contributed by atoms with E-state index in [0.717, 1.165) is 36.0 Å². The minimum Gasteiger partial charge on any atom is -0.461 e. The number of nitrogens with zero attached hydrogens (tertiary/aromatic N) is 6. The predicted molar refractivity (Wildman–Crippen MR) is 157 cm³/mol. The Bertz CT molecular complexity index is 1860. The lowest BCUT2D eigenvalue weighted by Gasteiger charge is -2.31. The first kappa shape index (κ1) is 29.8. The average molecular weight is 648 g/mol. The molecule has 0 spiro atoms. The number of ether oxygens (including phenoxy) is 1. The zero-order chi connectivity index (χ0) is 31.7. The first-order chi connectivity index (χ1) is 21.5. The van der Waals surface area contributed by atoms with Gasteiger partial charge < -0.3 is 15.4 Å². The Morgan fingerprint density at radius 2 is 1.96 bits per heavy atom. The number of benzene rings is 2. The van der Waals surface area contributed by atoms with Crippen LogP contribution in [0.25, 0.3) is 32.2 Å². The molecule has 3 aliphatic rings. The number of hydrogen-bond acceptors (Lipinski definition) is 9. The molecule has 3 aliphatic heterocycles. The average Bonchev–Trinajstić information content (AvgIpc) is 3.75. The summed E-state index contributed by atoms with van der Waals surface area (Å²) in [4.78, 5) is 16.5. The topological polar surface area (TPSA) is 104 Å². The summed E-state index contributed by atoms with van der Waals surface area (Å²) in [7, 11) is 0. The van der Waals surface area contributed by atoms with Crippen LogP contribution < -0.4 is 15.4 Å². The lowest BCUT2D eigenvalue weighted by Crippen LogP contribution is -2.43. The fourth-order valence-electron chi connectivity index (χ4n) is 7.15. The van der Waals surface area contributed by atoms with Gasteiger partial charge in [-0.1, -0.05) is 11.3 Å². The molecule has 0 amide bonds. The van der Waals surface area contributed by atoms with Crippen molar-refractivity contribution in [2.75, 3.05) is 43.4 Å². The van der Waals surface area contributed by atoms with Gasteiger partial charge in [0.1, 0.15) is 29.9 Å². The molecule has 2 aromatic carbocycles. The number of nitrogens with two attached hydrogens (primary N) is 1. The minimum atomic E-state index is -5.02. The number of fused-ring (bicyclic) bond motifs is 3. The van der Waals surface area contributed by atoms with Crippen LogP contribution in [0.5, 0.6) is 6.01 Å². The molecule has 3 fully saturated rings. The molecule has 236 valence electrons. The van der Waals surface area contributed by atoms with Crippen LogP contribution in [-0.4, -0.2) is 64.3 Å².